The minimum absolute atomic E-state index is 0.225. The summed E-state index contributed by atoms with van der Waals surface area (Å²) in [7, 11) is 0. The van der Waals surface area contributed by atoms with Gasteiger partial charge in [-0.05, 0) is 32.1 Å². The molecule has 0 radical (unpaired) electrons. The van der Waals surface area contributed by atoms with Crippen LogP contribution in [0.1, 0.15) is 45.4 Å². The lowest BCUT2D eigenvalue weighted by atomic mass is 9.94. The lowest BCUT2D eigenvalue weighted by Crippen LogP contribution is -2.40. The highest BCUT2D eigenvalue weighted by molar-refractivity contribution is 4.84. The maximum Gasteiger partial charge on any atom is 0.168 e. The summed E-state index contributed by atoms with van der Waals surface area (Å²) in [5.74, 6) is 0.426. The van der Waals surface area contributed by atoms with Gasteiger partial charge in [0.1, 0.15) is 0 Å². The van der Waals surface area contributed by atoms with E-state index in [4.69, 9.17) is 14.2 Å². The van der Waals surface area contributed by atoms with Crippen molar-refractivity contribution in [2.75, 3.05) is 26.4 Å². The van der Waals surface area contributed by atoms with Crippen molar-refractivity contribution < 1.29 is 14.2 Å². The minimum atomic E-state index is -0.232. The van der Waals surface area contributed by atoms with E-state index in [0.717, 1.165) is 39.2 Å². The van der Waals surface area contributed by atoms with Gasteiger partial charge in [-0.25, -0.2) is 0 Å². The topological polar surface area (TPSA) is 39.7 Å². The van der Waals surface area contributed by atoms with Crippen LogP contribution in [0.2, 0.25) is 0 Å². The summed E-state index contributed by atoms with van der Waals surface area (Å²) < 4.78 is 17.6. The molecule has 3 atom stereocenters. The zero-order chi connectivity index (χ0) is 13.1. The molecule has 0 aromatic carbocycles. The van der Waals surface area contributed by atoms with E-state index in [1.807, 2.05) is 0 Å². The van der Waals surface area contributed by atoms with Crippen LogP contribution in [0.15, 0.2) is 0 Å². The van der Waals surface area contributed by atoms with E-state index in [9.17, 15) is 0 Å². The van der Waals surface area contributed by atoms with Gasteiger partial charge in [0.25, 0.3) is 0 Å². The lowest BCUT2D eigenvalue weighted by Gasteiger charge is -2.32. The summed E-state index contributed by atoms with van der Waals surface area (Å²) in [5.41, 5.74) is 0. The third-order valence-electron chi connectivity index (χ3n) is 4.87. The first-order valence-electron chi connectivity index (χ1n) is 7.90. The van der Waals surface area contributed by atoms with Crippen molar-refractivity contribution in [1.82, 2.24) is 5.32 Å². The summed E-state index contributed by atoms with van der Waals surface area (Å²) in [6.07, 6.45) is 7.38. The van der Waals surface area contributed by atoms with E-state index in [1.54, 1.807) is 0 Å². The molecule has 110 valence electrons. The molecule has 3 rings (SSSR count). The Labute approximate surface area is 116 Å². The molecule has 3 fully saturated rings. The first kappa shape index (κ1) is 13.8. The fourth-order valence-electron chi connectivity index (χ4n) is 3.50. The van der Waals surface area contributed by atoms with Gasteiger partial charge in [0.05, 0.1) is 19.3 Å². The monoisotopic (exact) mass is 269 g/mol. The molecule has 0 bridgehead atoms. The molecular weight excluding hydrogens is 242 g/mol. The number of hydrogen-bond acceptors (Lipinski definition) is 4. The first-order chi connectivity index (χ1) is 9.27. The molecule has 4 nitrogen and oxygen atoms in total. The number of nitrogens with one attached hydrogen (secondary N) is 1. The van der Waals surface area contributed by atoms with Gasteiger partial charge >= 0.3 is 0 Å². The van der Waals surface area contributed by atoms with Gasteiger partial charge in [-0.15, -0.1) is 0 Å². The van der Waals surface area contributed by atoms with Crippen LogP contribution in [-0.4, -0.2) is 44.3 Å². The fourth-order valence-corrected chi connectivity index (χ4v) is 3.50. The lowest BCUT2D eigenvalue weighted by molar-refractivity contribution is -0.186. The minimum Gasteiger partial charge on any atom is -0.381 e. The molecule has 3 aliphatic rings. The van der Waals surface area contributed by atoms with Crippen molar-refractivity contribution in [1.29, 1.82) is 0 Å². The second kappa shape index (κ2) is 6.08. The van der Waals surface area contributed by atoms with Crippen LogP contribution in [-0.2, 0) is 14.2 Å². The molecule has 1 saturated carbocycles. The van der Waals surface area contributed by atoms with Crippen molar-refractivity contribution in [2.45, 2.75) is 63.4 Å². The molecule has 19 heavy (non-hydrogen) atoms. The van der Waals surface area contributed by atoms with Crippen molar-refractivity contribution in [3.05, 3.63) is 0 Å². The average Bonchev–Trinajstić information content (AvgIpc) is 3.08. The van der Waals surface area contributed by atoms with Gasteiger partial charge < -0.3 is 19.5 Å². The Morgan fingerprint density at radius 3 is 2.79 bits per heavy atom. The van der Waals surface area contributed by atoms with Crippen molar-refractivity contribution >= 4 is 0 Å². The second-order valence-corrected chi connectivity index (χ2v) is 6.34. The summed E-state index contributed by atoms with van der Waals surface area (Å²) in [5, 5.41) is 3.60. The largest absolute Gasteiger partial charge is 0.381 e. The predicted octanol–water partition coefficient (Wildman–Crippen LogP) is 2.08. The van der Waals surface area contributed by atoms with E-state index in [0.29, 0.717) is 12.0 Å². The highest BCUT2D eigenvalue weighted by atomic mass is 16.7. The van der Waals surface area contributed by atoms with E-state index in [2.05, 4.69) is 12.2 Å². The van der Waals surface area contributed by atoms with Gasteiger partial charge in [-0.2, -0.15) is 0 Å². The zero-order valence-electron chi connectivity index (χ0n) is 12.0. The van der Waals surface area contributed by atoms with Crippen molar-refractivity contribution in [2.24, 2.45) is 5.92 Å². The summed E-state index contributed by atoms with van der Waals surface area (Å²) in [6.45, 7) is 5.73. The SMILES string of the molecule is C[C@H](NC[C@@H]1COC2(CCCCC2)O1)[C@@H]1CCOC1. The van der Waals surface area contributed by atoms with E-state index >= 15 is 0 Å². The van der Waals surface area contributed by atoms with Crippen LogP contribution >= 0.6 is 0 Å². The number of ether oxygens (including phenoxy) is 3. The molecule has 1 aliphatic carbocycles. The molecule has 0 unspecified atom stereocenters. The highest BCUT2D eigenvalue weighted by Gasteiger charge is 2.42. The van der Waals surface area contributed by atoms with Crippen LogP contribution < -0.4 is 5.32 Å². The number of hydrogen-bond donors (Lipinski definition) is 1. The molecule has 0 amide bonds. The quantitative estimate of drug-likeness (QED) is 0.848. The molecule has 1 spiro atoms. The molecule has 2 aliphatic heterocycles. The molecule has 4 heteroatoms. The molecule has 0 aromatic heterocycles. The Morgan fingerprint density at radius 1 is 1.21 bits per heavy atom. The molecule has 2 heterocycles. The fraction of sp³-hybridized carbons (Fsp3) is 1.00. The normalized spacial score (nSPS) is 35.8. The molecule has 2 saturated heterocycles. The smallest absolute Gasteiger partial charge is 0.168 e. The highest BCUT2D eigenvalue weighted by Crippen LogP contribution is 2.37. The first-order valence-corrected chi connectivity index (χ1v) is 7.90. The second-order valence-electron chi connectivity index (χ2n) is 6.34. The van der Waals surface area contributed by atoms with Gasteiger partial charge in [0, 0.05) is 32.0 Å². The predicted molar refractivity (Wildman–Crippen MR) is 73.0 cm³/mol. The van der Waals surface area contributed by atoms with Crippen LogP contribution in [0.25, 0.3) is 0 Å². The third-order valence-corrected chi connectivity index (χ3v) is 4.87. The molecule has 0 aromatic rings. The standard InChI is InChI=1S/C15H27NO3/c1-12(13-5-8-17-10-13)16-9-14-11-18-15(19-14)6-3-2-4-7-15/h12-14,16H,2-11H2,1H3/t12-,13+,14+/m0/s1. The van der Waals surface area contributed by atoms with E-state index < -0.39 is 0 Å². The van der Waals surface area contributed by atoms with Gasteiger partial charge in [0.2, 0.25) is 0 Å². The Hall–Kier alpha value is -0.160. The molecular formula is C15H27NO3. The Balaban J connectivity index is 1.41. The van der Waals surface area contributed by atoms with Gasteiger partial charge in [-0.1, -0.05) is 6.42 Å². The summed E-state index contributed by atoms with van der Waals surface area (Å²) in [4.78, 5) is 0. The van der Waals surface area contributed by atoms with Crippen LogP contribution in [0.3, 0.4) is 0 Å². The number of rotatable bonds is 4. The summed E-state index contributed by atoms with van der Waals surface area (Å²) >= 11 is 0. The summed E-state index contributed by atoms with van der Waals surface area (Å²) in [6, 6.07) is 0.508. The van der Waals surface area contributed by atoms with Gasteiger partial charge in [-0.3, -0.25) is 0 Å². The average molecular weight is 269 g/mol. The third kappa shape index (κ3) is 3.30. The van der Waals surface area contributed by atoms with Crippen LogP contribution in [0, 0.1) is 5.92 Å². The van der Waals surface area contributed by atoms with Gasteiger partial charge in [0.15, 0.2) is 5.79 Å². The van der Waals surface area contributed by atoms with Crippen LogP contribution in [0.5, 0.6) is 0 Å². The maximum absolute atomic E-state index is 6.19. The zero-order valence-corrected chi connectivity index (χ0v) is 12.0. The maximum atomic E-state index is 6.19. The van der Waals surface area contributed by atoms with Crippen molar-refractivity contribution in [3.63, 3.8) is 0 Å². The Bertz CT molecular complexity index is 285. The Kier molecular flexibility index (Phi) is 4.42. The van der Waals surface area contributed by atoms with E-state index in [-0.39, 0.29) is 11.9 Å². The molecule has 1 N–H and O–H groups in total. The van der Waals surface area contributed by atoms with Crippen LogP contribution in [0.4, 0.5) is 0 Å². The van der Waals surface area contributed by atoms with Crippen molar-refractivity contribution in [3.8, 4) is 0 Å². The van der Waals surface area contributed by atoms with E-state index in [1.165, 1.54) is 25.7 Å². The Morgan fingerprint density at radius 2 is 2.05 bits per heavy atom.